The number of hydrogen-bond donors (Lipinski definition) is 2. The molecule has 0 spiro atoms. The van der Waals surface area contributed by atoms with Crippen LogP contribution in [0.3, 0.4) is 0 Å². The van der Waals surface area contributed by atoms with Crippen molar-refractivity contribution in [3.63, 3.8) is 0 Å². The molecule has 2 aliphatic rings. The zero-order valence-corrected chi connectivity index (χ0v) is 15.6. The van der Waals surface area contributed by atoms with Crippen LogP contribution in [0, 0.1) is 17.8 Å². The predicted octanol–water partition coefficient (Wildman–Crippen LogP) is 3.13. The van der Waals surface area contributed by atoms with Crippen LogP contribution in [0.15, 0.2) is 18.2 Å². The van der Waals surface area contributed by atoms with Gasteiger partial charge >= 0.3 is 0 Å². The lowest BCUT2D eigenvalue weighted by Crippen LogP contribution is -2.42. The first-order valence-electron chi connectivity index (χ1n) is 9.11. The molecular formula is C19H26ClN3O2. The largest absolute Gasteiger partial charge is 0.339 e. The maximum Gasteiger partial charge on any atom is 0.255 e. The van der Waals surface area contributed by atoms with E-state index < -0.39 is 0 Å². The average molecular weight is 364 g/mol. The highest BCUT2D eigenvalue weighted by Gasteiger charge is 2.49. The summed E-state index contributed by atoms with van der Waals surface area (Å²) in [4.78, 5) is 26.8. The molecule has 5 nitrogen and oxygen atoms in total. The fourth-order valence-corrected chi connectivity index (χ4v) is 4.66. The van der Waals surface area contributed by atoms with Crippen LogP contribution >= 0.6 is 11.6 Å². The Morgan fingerprint density at radius 1 is 1.24 bits per heavy atom. The Balaban J connectivity index is 1.71. The second kappa shape index (κ2) is 7.34. The van der Waals surface area contributed by atoms with Gasteiger partial charge in [-0.2, -0.15) is 0 Å². The number of nitrogens with one attached hydrogen (secondary N) is 1. The summed E-state index contributed by atoms with van der Waals surface area (Å²) < 4.78 is 0. The molecule has 4 atom stereocenters. The SMILES string of the molecule is CCN(CC)C(=O)c1ccc(NC(=O)C2C3CCC(C3)C2N)cc1Cl. The van der Waals surface area contributed by atoms with Crippen LogP contribution in [0.4, 0.5) is 5.69 Å². The van der Waals surface area contributed by atoms with Gasteiger partial charge in [-0.25, -0.2) is 0 Å². The number of nitrogens with zero attached hydrogens (tertiary/aromatic N) is 1. The minimum Gasteiger partial charge on any atom is -0.339 e. The number of anilines is 1. The third-order valence-electron chi connectivity index (χ3n) is 5.80. The van der Waals surface area contributed by atoms with Gasteiger partial charge in [-0.05, 0) is 63.1 Å². The molecule has 25 heavy (non-hydrogen) atoms. The van der Waals surface area contributed by atoms with Gasteiger partial charge in [-0.3, -0.25) is 9.59 Å². The smallest absolute Gasteiger partial charge is 0.255 e. The van der Waals surface area contributed by atoms with Crippen LogP contribution in [-0.2, 0) is 4.79 Å². The van der Waals surface area contributed by atoms with Crippen molar-refractivity contribution in [2.45, 2.75) is 39.2 Å². The summed E-state index contributed by atoms with van der Waals surface area (Å²) >= 11 is 6.29. The number of carbonyl (C=O) groups is 2. The van der Waals surface area contributed by atoms with Crippen LogP contribution < -0.4 is 11.1 Å². The molecule has 1 aromatic rings. The van der Waals surface area contributed by atoms with Gasteiger partial charge in [0.05, 0.1) is 16.5 Å². The van der Waals surface area contributed by atoms with Gasteiger partial charge in [0.25, 0.3) is 5.91 Å². The van der Waals surface area contributed by atoms with E-state index in [0.717, 1.165) is 19.3 Å². The predicted molar refractivity (Wildman–Crippen MR) is 99.6 cm³/mol. The molecule has 2 bridgehead atoms. The molecule has 2 aliphatic carbocycles. The second-order valence-electron chi connectivity index (χ2n) is 7.10. The highest BCUT2D eigenvalue weighted by Crippen LogP contribution is 2.47. The lowest BCUT2D eigenvalue weighted by Gasteiger charge is -2.27. The van der Waals surface area contributed by atoms with E-state index in [1.165, 1.54) is 0 Å². The van der Waals surface area contributed by atoms with Gasteiger partial charge in [0.1, 0.15) is 0 Å². The number of carbonyl (C=O) groups excluding carboxylic acids is 2. The third-order valence-corrected chi connectivity index (χ3v) is 6.11. The van der Waals surface area contributed by atoms with E-state index in [0.29, 0.717) is 41.2 Å². The average Bonchev–Trinajstić information content (AvgIpc) is 3.16. The van der Waals surface area contributed by atoms with Gasteiger partial charge in [0, 0.05) is 24.8 Å². The quantitative estimate of drug-likeness (QED) is 0.843. The molecule has 0 aromatic heterocycles. The normalized spacial score (nSPS) is 27.4. The molecule has 0 aliphatic heterocycles. The van der Waals surface area contributed by atoms with Crippen LogP contribution in [0.1, 0.15) is 43.5 Å². The summed E-state index contributed by atoms with van der Waals surface area (Å²) in [7, 11) is 0. The van der Waals surface area contributed by atoms with E-state index >= 15 is 0 Å². The first-order valence-corrected chi connectivity index (χ1v) is 9.49. The van der Waals surface area contributed by atoms with Gasteiger partial charge < -0.3 is 16.0 Å². The maximum absolute atomic E-state index is 12.6. The summed E-state index contributed by atoms with van der Waals surface area (Å²) in [5.74, 6) is 0.647. The van der Waals surface area contributed by atoms with E-state index in [-0.39, 0.29) is 23.8 Å². The summed E-state index contributed by atoms with van der Waals surface area (Å²) in [5.41, 5.74) is 7.31. The van der Waals surface area contributed by atoms with E-state index in [1.54, 1.807) is 23.1 Å². The van der Waals surface area contributed by atoms with Crippen LogP contribution in [-0.4, -0.2) is 35.8 Å². The Hall–Kier alpha value is -1.59. The molecule has 2 amide bonds. The molecule has 4 unspecified atom stereocenters. The van der Waals surface area contributed by atoms with Crippen molar-refractivity contribution in [1.29, 1.82) is 0 Å². The number of fused-ring (bicyclic) bond motifs is 2. The lowest BCUT2D eigenvalue weighted by atomic mass is 9.84. The van der Waals surface area contributed by atoms with Gasteiger partial charge in [-0.15, -0.1) is 0 Å². The van der Waals surface area contributed by atoms with E-state index in [2.05, 4.69) is 5.32 Å². The summed E-state index contributed by atoms with van der Waals surface area (Å²) in [6.45, 7) is 5.13. The minimum absolute atomic E-state index is 0.0291. The third kappa shape index (κ3) is 3.40. The van der Waals surface area contributed by atoms with Gasteiger partial charge in [0.2, 0.25) is 5.91 Å². The summed E-state index contributed by atoms with van der Waals surface area (Å²) in [5, 5.41) is 3.29. The van der Waals surface area contributed by atoms with Crippen molar-refractivity contribution in [2.24, 2.45) is 23.5 Å². The van der Waals surface area contributed by atoms with Crippen LogP contribution in [0.25, 0.3) is 0 Å². The zero-order chi connectivity index (χ0) is 18.1. The Morgan fingerprint density at radius 2 is 1.92 bits per heavy atom. The fourth-order valence-electron chi connectivity index (χ4n) is 4.40. The number of rotatable bonds is 5. The van der Waals surface area contributed by atoms with Crippen LogP contribution in [0.2, 0.25) is 5.02 Å². The molecular weight excluding hydrogens is 338 g/mol. The monoisotopic (exact) mass is 363 g/mol. The number of hydrogen-bond acceptors (Lipinski definition) is 3. The summed E-state index contributed by atoms with van der Waals surface area (Å²) in [6.07, 6.45) is 3.30. The van der Waals surface area contributed by atoms with Crippen molar-refractivity contribution >= 4 is 29.1 Å². The Bertz CT molecular complexity index is 673. The highest BCUT2D eigenvalue weighted by molar-refractivity contribution is 6.34. The Labute approximate surface area is 153 Å². The van der Waals surface area contributed by atoms with Crippen molar-refractivity contribution in [3.05, 3.63) is 28.8 Å². The molecule has 136 valence electrons. The molecule has 1 aromatic carbocycles. The van der Waals surface area contributed by atoms with Gasteiger partial charge in [-0.1, -0.05) is 11.6 Å². The van der Waals surface area contributed by atoms with Crippen molar-refractivity contribution in [3.8, 4) is 0 Å². The zero-order valence-electron chi connectivity index (χ0n) is 14.8. The number of amides is 2. The standard InChI is InChI=1S/C19H26ClN3O2/c1-3-23(4-2)19(25)14-8-7-13(10-15(14)20)22-18(24)16-11-5-6-12(9-11)17(16)21/h7-8,10-12,16-17H,3-6,9,21H2,1-2H3,(H,22,24). The molecule has 6 heteroatoms. The molecule has 0 heterocycles. The number of nitrogens with two attached hydrogens (primary N) is 1. The second-order valence-corrected chi connectivity index (χ2v) is 7.50. The topological polar surface area (TPSA) is 75.4 Å². The molecule has 0 radical (unpaired) electrons. The Kier molecular flexibility index (Phi) is 5.35. The van der Waals surface area contributed by atoms with Crippen molar-refractivity contribution in [2.75, 3.05) is 18.4 Å². The lowest BCUT2D eigenvalue weighted by molar-refractivity contribution is -0.121. The first-order chi connectivity index (χ1) is 12.0. The highest BCUT2D eigenvalue weighted by atomic mass is 35.5. The molecule has 3 N–H and O–H groups in total. The summed E-state index contributed by atoms with van der Waals surface area (Å²) in [6, 6.07) is 5.02. The van der Waals surface area contributed by atoms with Crippen LogP contribution in [0.5, 0.6) is 0 Å². The van der Waals surface area contributed by atoms with E-state index in [4.69, 9.17) is 17.3 Å². The minimum atomic E-state index is -0.116. The van der Waals surface area contributed by atoms with Crippen molar-refractivity contribution < 1.29 is 9.59 Å². The fraction of sp³-hybridized carbons (Fsp3) is 0.579. The number of benzene rings is 1. The van der Waals surface area contributed by atoms with E-state index in [1.807, 2.05) is 13.8 Å². The number of halogens is 1. The van der Waals surface area contributed by atoms with Crippen molar-refractivity contribution in [1.82, 2.24) is 4.90 Å². The molecule has 3 rings (SSSR count). The molecule has 0 saturated heterocycles. The first kappa shape index (κ1) is 18.2. The molecule has 2 saturated carbocycles. The van der Waals surface area contributed by atoms with E-state index in [9.17, 15) is 9.59 Å². The van der Waals surface area contributed by atoms with Gasteiger partial charge in [0.15, 0.2) is 0 Å². The Morgan fingerprint density at radius 3 is 2.48 bits per heavy atom. The maximum atomic E-state index is 12.6. The molecule has 2 fully saturated rings.